The van der Waals surface area contributed by atoms with Gasteiger partial charge in [0.05, 0.1) is 23.6 Å². The molecule has 0 atom stereocenters. The molecule has 0 saturated carbocycles. The molecule has 138 valence electrons. The van der Waals surface area contributed by atoms with Crippen molar-refractivity contribution in [1.82, 2.24) is 10.6 Å². The number of nitrogens with one attached hydrogen (secondary N) is 2. The van der Waals surface area contributed by atoms with Crippen molar-refractivity contribution in [2.45, 2.75) is 24.8 Å². The van der Waals surface area contributed by atoms with E-state index in [0.717, 1.165) is 0 Å². The Balaban J connectivity index is 2.50. The SMILES string of the molecule is NC(=O)c1cc(C(F)(F)F)cc(C(F)(F)F)c1CC(=O)NC1CNC1. The first kappa shape index (κ1) is 19.0. The van der Waals surface area contributed by atoms with Crippen LogP contribution >= 0.6 is 0 Å². The molecule has 1 aliphatic rings. The highest BCUT2D eigenvalue weighted by Crippen LogP contribution is 2.39. The van der Waals surface area contributed by atoms with E-state index in [1.165, 1.54) is 0 Å². The minimum Gasteiger partial charge on any atom is -0.366 e. The molecule has 0 unspecified atom stereocenters. The fourth-order valence-corrected chi connectivity index (χ4v) is 2.33. The second-order valence-electron chi connectivity index (χ2n) is 5.51. The lowest BCUT2D eigenvalue weighted by Gasteiger charge is -2.28. The molecule has 0 aromatic heterocycles. The Morgan fingerprint density at radius 1 is 1.12 bits per heavy atom. The first-order valence-electron chi connectivity index (χ1n) is 7.00. The van der Waals surface area contributed by atoms with E-state index in [9.17, 15) is 35.9 Å². The standard InChI is InChI=1S/C14H13F6N3O2/c15-13(16,17)6-1-9(12(21)25)8(10(2-6)14(18,19)20)3-11(24)23-7-4-22-5-7/h1-2,7,22H,3-5H2,(H2,21,25)(H,23,24). The van der Waals surface area contributed by atoms with Gasteiger partial charge in [-0.3, -0.25) is 9.59 Å². The molecule has 0 radical (unpaired) electrons. The Morgan fingerprint density at radius 3 is 2.12 bits per heavy atom. The third-order valence-corrected chi connectivity index (χ3v) is 3.63. The van der Waals surface area contributed by atoms with Crippen LogP contribution in [0, 0.1) is 0 Å². The Kier molecular flexibility index (Phi) is 4.98. The summed E-state index contributed by atoms with van der Waals surface area (Å²) in [5, 5.41) is 5.24. The number of primary amides is 1. The van der Waals surface area contributed by atoms with E-state index in [1.54, 1.807) is 0 Å². The van der Waals surface area contributed by atoms with Crippen LogP contribution in [0.3, 0.4) is 0 Å². The topological polar surface area (TPSA) is 84.2 Å². The van der Waals surface area contributed by atoms with E-state index in [-0.39, 0.29) is 18.2 Å². The lowest BCUT2D eigenvalue weighted by molar-refractivity contribution is -0.143. The van der Waals surface area contributed by atoms with E-state index in [0.29, 0.717) is 13.1 Å². The molecule has 1 heterocycles. The molecular weight excluding hydrogens is 356 g/mol. The summed E-state index contributed by atoms with van der Waals surface area (Å²) in [4.78, 5) is 23.3. The van der Waals surface area contributed by atoms with Gasteiger partial charge in [-0.2, -0.15) is 26.3 Å². The monoisotopic (exact) mass is 369 g/mol. The zero-order chi connectivity index (χ0) is 19.0. The van der Waals surface area contributed by atoms with Crippen molar-refractivity contribution >= 4 is 11.8 Å². The summed E-state index contributed by atoms with van der Waals surface area (Å²) in [5.41, 5.74) is -0.297. The quantitative estimate of drug-likeness (QED) is 0.703. The van der Waals surface area contributed by atoms with Crippen molar-refractivity contribution in [2.75, 3.05) is 13.1 Å². The number of hydrogen-bond donors (Lipinski definition) is 3. The predicted molar refractivity (Wildman–Crippen MR) is 73.5 cm³/mol. The number of carbonyl (C=O) groups excluding carboxylic acids is 2. The highest BCUT2D eigenvalue weighted by Gasteiger charge is 2.40. The average Bonchev–Trinajstić information content (AvgIpc) is 2.40. The third-order valence-electron chi connectivity index (χ3n) is 3.63. The molecule has 0 spiro atoms. The van der Waals surface area contributed by atoms with Crippen molar-refractivity contribution < 1.29 is 35.9 Å². The molecule has 1 fully saturated rings. The van der Waals surface area contributed by atoms with Crippen LogP contribution in [0.5, 0.6) is 0 Å². The summed E-state index contributed by atoms with van der Waals surface area (Å²) in [6.45, 7) is 0.848. The van der Waals surface area contributed by atoms with Crippen molar-refractivity contribution in [1.29, 1.82) is 0 Å². The van der Waals surface area contributed by atoms with Gasteiger partial charge in [-0.25, -0.2) is 0 Å². The number of carbonyl (C=O) groups is 2. The molecule has 1 aromatic rings. The van der Waals surface area contributed by atoms with Gasteiger partial charge in [-0.05, 0) is 17.7 Å². The lowest BCUT2D eigenvalue weighted by atomic mass is 9.93. The first-order chi connectivity index (χ1) is 11.4. The van der Waals surface area contributed by atoms with Gasteiger partial charge in [0.2, 0.25) is 11.8 Å². The molecule has 0 aliphatic carbocycles. The summed E-state index contributed by atoms with van der Waals surface area (Å²) < 4.78 is 78.0. The molecular formula is C14H13F6N3O2. The van der Waals surface area contributed by atoms with Gasteiger partial charge in [0.25, 0.3) is 0 Å². The smallest absolute Gasteiger partial charge is 0.366 e. The van der Waals surface area contributed by atoms with Crippen LogP contribution in [0.1, 0.15) is 27.0 Å². The first-order valence-corrected chi connectivity index (χ1v) is 7.00. The van der Waals surface area contributed by atoms with Crippen LogP contribution in [0.15, 0.2) is 12.1 Å². The molecule has 2 amide bonds. The normalized spacial score (nSPS) is 15.6. The Bertz CT molecular complexity index is 695. The van der Waals surface area contributed by atoms with Crippen LogP contribution in [0.4, 0.5) is 26.3 Å². The molecule has 1 aliphatic heterocycles. The molecule has 0 bridgehead atoms. The van der Waals surface area contributed by atoms with E-state index in [4.69, 9.17) is 5.73 Å². The minimum absolute atomic E-state index is 0.125. The van der Waals surface area contributed by atoms with Crippen LogP contribution in [-0.2, 0) is 23.6 Å². The number of amides is 2. The second kappa shape index (κ2) is 6.54. The zero-order valence-corrected chi connectivity index (χ0v) is 12.5. The number of nitrogens with two attached hydrogens (primary N) is 1. The van der Waals surface area contributed by atoms with E-state index < -0.39 is 52.8 Å². The predicted octanol–water partition coefficient (Wildman–Crippen LogP) is 1.45. The Morgan fingerprint density at radius 2 is 1.72 bits per heavy atom. The second-order valence-corrected chi connectivity index (χ2v) is 5.51. The van der Waals surface area contributed by atoms with Gasteiger partial charge in [0.15, 0.2) is 0 Å². The van der Waals surface area contributed by atoms with Crippen molar-refractivity contribution in [2.24, 2.45) is 5.73 Å². The highest BCUT2D eigenvalue weighted by atomic mass is 19.4. The average molecular weight is 369 g/mol. The van der Waals surface area contributed by atoms with Gasteiger partial charge in [-0.1, -0.05) is 0 Å². The number of hydrogen-bond acceptors (Lipinski definition) is 3. The van der Waals surface area contributed by atoms with Gasteiger partial charge in [-0.15, -0.1) is 0 Å². The molecule has 11 heteroatoms. The fourth-order valence-electron chi connectivity index (χ4n) is 2.33. The number of halogens is 6. The van der Waals surface area contributed by atoms with E-state index in [1.807, 2.05) is 0 Å². The van der Waals surface area contributed by atoms with Crippen molar-refractivity contribution in [3.63, 3.8) is 0 Å². The molecule has 1 aromatic carbocycles. The van der Waals surface area contributed by atoms with Crippen LogP contribution < -0.4 is 16.4 Å². The summed E-state index contributed by atoms with van der Waals surface area (Å²) in [6.07, 6.45) is -11.2. The summed E-state index contributed by atoms with van der Waals surface area (Å²) in [5.74, 6) is -2.33. The van der Waals surface area contributed by atoms with Crippen LogP contribution in [-0.4, -0.2) is 30.9 Å². The van der Waals surface area contributed by atoms with Crippen molar-refractivity contribution in [3.8, 4) is 0 Å². The molecule has 1 saturated heterocycles. The summed E-state index contributed by atoms with van der Waals surface area (Å²) >= 11 is 0. The summed E-state index contributed by atoms with van der Waals surface area (Å²) in [7, 11) is 0. The minimum atomic E-state index is -5.20. The van der Waals surface area contributed by atoms with E-state index in [2.05, 4.69) is 10.6 Å². The largest absolute Gasteiger partial charge is 0.416 e. The molecule has 4 N–H and O–H groups in total. The maximum Gasteiger partial charge on any atom is 0.416 e. The van der Waals surface area contributed by atoms with Crippen molar-refractivity contribution in [3.05, 3.63) is 34.4 Å². The number of alkyl halides is 6. The highest BCUT2D eigenvalue weighted by molar-refractivity contribution is 5.96. The van der Waals surface area contributed by atoms with Gasteiger partial charge >= 0.3 is 12.4 Å². The Labute approximate surface area is 137 Å². The maximum absolute atomic E-state index is 13.2. The zero-order valence-electron chi connectivity index (χ0n) is 12.5. The maximum atomic E-state index is 13.2. The molecule has 5 nitrogen and oxygen atoms in total. The Hall–Kier alpha value is -2.30. The van der Waals surface area contributed by atoms with Crippen LogP contribution in [0.25, 0.3) is 0 Å². The molecule has 25 heavy (non-hydrogen) atoms. The molecule has 2 rings (SSSR count). The lowest BCUT2D eigenvalue weighted by Crippen LogP contribution is -2.57. The van der Waals surface area contributed by atoms with Gasteiger partial charge < -0.3 is 16.4 Å². The number of rotatable bonds is 4. The number of benzene rings is 1. The van der Waals surface area contributed by atoms with Gasteiger partial charge in [0, 0.05) is 18.7 Å². The fraction of sp³-hybridized carbons (Fsp3) is 0.429. The van der Waals surface area contributed by atoms with Gasteiger partial charge in [0.1, 0.15) is 0 Å². The van der Waals surface area contributed by atoms with E-state index >= 15 is 0 Å². The summed E-state index contributed by atoms with van der Waals surface area (Å²) in [6, 6.07) is -0.182. The third kappa shape index (κ3) is 4.41. The van der Waals surface area contributed by atoms with Crippen LogP contribution in [0.2, 0.25) is 0 Å².